The minimum atomic E-state index is -2.48. The lowest BCUT2D eigenvalue weighted by molar-refractivity contribution is -0.163. The number of amides is 1. The number of methoxy groups -OCH3 is 2. The van der Waals surface area contributed by atoms with Gasteiger partial charge in [-0.15, -0.1) is 0 Å². The SMILES string of the molecule is CC/C=C\C(OC)C(O)C1=C(C)C(=O)C2(O1)C(=O)NC(OC)(C(=O)c1ccccc1)C2O. The summed E-state index contributed by atoms with van der Waals surface area (Å²) >= 11 is 0. The number of ether oxygens (including phenoxy) is 3. The van der Waals surface area contributed by atoms with E-state index in [-0.39, 0.29) is 16.9 Å². The fourth-order valence-corrected chi connectivity index (χ4v) is 4.01. The summed E-state index contributed by atoms with van der Waals surface area (Å²) in [4.78, 5) is 39.5. The number of benzene rings is 1. The number of ketones is 2. The molecule has 5 unspecified atom stereocenters. The van der Waals surface area contributed by atoms with Crippen molar-refractivity contribution in [3.63, 3.8) is 0 Å². The zero-order chi connectivity index (χ0) is 23.7. The third-order valence-electron chi connectivity index (χ3n) is 5.83. The molecular weight excluding hydrogens is 418 g/mol. The van der Waals surface area contributed by atoms with Crippen molar-refractivity contribution in [2.24, 2.45) is 0 Å². The molecule has 0 aromatic heterocycles. The summed E-state index contributed by atoms with van der Waals surface area (Å²) in [6.07, 6.45) is -0.248. The fraction of sp³-hybridized carbons (Fsp3) is 0.435. The highest BCUT2D eigenvalue weighted by atomic mass is 16.6. The second kappa shape index (κ2) is 8.95. The molecule has 3 rings (SSSR count). The second-order valence-corrected chi connectivity index (χ2v) is 7.63. The molecule has 1 aromatic rings. The summed E-state index contributed by atoms with van der Waals surface area (Å²) in [5.41, 5.74) is -4.63. The van der Waals surface area contributed by atoms with Crippen LogP contribution in [0.25, 0.3) is 0 Å². The van der Waals surface area contributed by atoms with Crippen LogP contribution in [0.2, 0.25) is 0 Å². The van der Waals surface area contributed by atoms with Gasteiger partial charge in [0.25, 0.3) is 11.5 Å². The molecule has 0 bridgehead atoms. The summed E-state index contributed by atoms with van der Waals surface area (Å²) in [6.45, 7) is 3.27. The van der Waals surface area contributed by atoms with Gasteiger partial charge < -0.3 is 29.7 Å². The number of carbonyl (C=O) groups excluding carboxylic acids is 3. The van der Waals surface area contributed by atoms with Crippen LogP contribution in [0.4, 0.5) is 0 Å². The maximum Gasteiger partial charge on any atom is 0.278 e. The van der Waals surface area contributed by atoms with Crippen LogP contribution in [-0.4, -0.2) is 71.5 Å². The first-order chi connectivity index (χ1) is 15.2. The number of Topliss-reactive ketones (excluding diaryl/α,β-unsaturated/α-hetero) is 2. The molecule has 1 aromatic carbocycles. The molecule has 172 valence electrons. The van der Waals surface area contributed by atoms with Crippen LogP contribution in [0.3, 0.4) is 0 Å². The molecule has 32 heavy (non-hydrogen) atoms. The van der Waals surface area contributed by atoms with Gasteiger partial charge in [0.05, 0.1) is 0 Å². The van der Waals surface area contributed by atoms with Crippen molar-refractivity contribution in [1.82, 2.24) is 5.32 Å². The molecule has 0 saturated carbocycles. The molecule has 9 nitrogen and oxygen atoms in total. The number of aliphatic hydroxyl groups excluding tert-OH is 2. The smallest absolute Gasteiger partial charge is 0.278 e. The Balaban J connectivity index is 2.00. The lowest BCUT2D eigenvalue weighted by atomic mass is 9.85. The van der Waals surface area contributed by atoms with Crippen molar-refractivity contribution in [2.45, 2.75) is 49.9 Å². The van der Waals surface area contributed by atoms with Gasteiger partial charge in [-0.2, -0.15) is 0 Å². The zero-order valence-electron chi connectivity index (χ0n) is 18.3. The minimum Gasteiger partial charge on any atom is -0.467 e. The Bertz CT molecular complexity index is 971. The molecule has 2 aliphatic rings. The van der Waals surface area contributed by atoms with E-state index in [0.29, 0.717) is 6.42 Å². The van der Waals surface area contributed by atoms with Crippen LogP contribution in [0, 0.1) is 0 Å². The Morgan fingerprint density at radius 2 is 1.94 bits per heavy atom. The van der Waals surface area contributed by atoms with E-state index in [9.17, 15) is 24.6 Å². The van der Waals surface area contributed by atoms with Gasteiger partial charge in [-0.25, -0.2) is 0 Å². The molecule has 3 N–H and O–H groups in total. The van der Waals surface area contributed by atoms with Crippen LogP contribution in [-0.2, 0) is 23.8 Å². The first-order valence-electron chi connectivity index (χ1n) is 10.2. The third kappa shape index (κ3) is 3.38. The molecule has 2 heterocycles. The van der Waals surface area contributed by atoms with Crippen molar-refractivity contribution in [2.75, 3.05) is 14.2 Å². The van der Waals surface area contributed by atoms with E-state index in [2.05, 4.69) is 5.32 Å². The number of aliphatic hydroxyl groups is 2. The predicted octanol–water partition coefficient (Wildman–Crippen LogP) is 0.657. The summed E-state index contributed by atoms with van der Waals surface area (Å²) in [6, 6.07) is 7.91. The highest BCUT2D eigenvalue weighted by Gasteiger charge is 2.74. The zero-order valence-corrected chi connectivity index (χ0v) is 18.3. The van der Waals surface area contributed by atoms with Crippen molar-refractivity contribution < 1.29 is 38.8 Å². The van der Waals surface area contributed by atoms with E-state index in [1.165, 1.54) is 26.2 Å². The average Bonchev–Trinajstić information content (AvgIpc) is 3.21. The van der Waals surface area contributed by atoms with Crippen molar-refractivity contribution in [1.29, 1.82) is 0 Å². The Kier molecular flexibility index (Phi) is 6.66. The van der Waals surface area contributed by atoms with Crippen molar-refractivity contribution >= 4 is 17.5 Å². The van der Waals surface area contributed by atoms with Gasteiger partial charge in [0.2, 0.25) is 17.3 Å². The molecule has 1 saturated heterocycles. The van der Waals surface area contributed by atoms with E-state index in [0.717, 1.165) is 7.11 Å². The maximum absolute atomic E-state index is 13.2. The topological polar surface area (TPSA) is 131 Å². The van der Waals surface area contributed by atoms with E-state index < -0.39 is 47.1 Å². The molecular formula is C23H27NO8. The fourth-order valence-electron chi connectivity index (χ4n) is 4.01. The summed E-state index contributed by atoms with van der Waals surface area (Å²) in [7, 11) is 2.51. The molecule has 2 aliphatic heterocycles. The van der Waals surface area contributed by atoms with Gasteiger partial charge >= 0.3 is 0 Å². The predicted molar refractivity (Wildman–Crippen MR) is 112 cm³/mol. The Morgan fingerprint density at radius 1 is 1.28 bits per heavy atom. The number of hydrogen-bond acceptors (Lipinski definition) is 8. The summed E-state index contributed by atoms with van der Waals surface area (Å²) in [5, 5.41) is 24.3. The normalized spacial score (nSPS) is 29.5. The minimum absolute atomic E-state index is 0.0577. The van der Waals surface area contributed by atoms with Gasteiger partial charge in [-0.05, 0) is 13.3 Å². The lowest BCUT2D eigenvalue weighted by Crippen LogP contribution is -2.60. The molecule has 1 amide bonds. The van der Waals surface area contributed by atoms with E-state index >= 15 is 0 Å². The van der Waals surface area contributed by atoms with Gasteiger partial charge in [0.1, 0.15) is 18.0 Å². The van der Waals surface area contributed by atoms with Gasteiger partial charge in [0, 0.05) is 25.4 Å². The van der Waals surface area contributed by atoms with Crippen molar-refractivity contribution in [3.05, 3.63) is 59.4 Å². The molecule has 1 fully saturated rings. The quantitative estimate of drug-likeness (QED) is 0.302. The van der Waals surface area contributed by atoms with Gasteiger partial charge in [-0.3, -0.25) is 14.4 Å². The van der Waals surface area contributed by atoms with Crippen LogP contribution in [0.15, 0.2) is 53.8 Å². The Morgan fingerprint density at radius 3 is 2.50 bits per heavy atom. The van der Waals surface area contributed by atoms with E-state index in [1.54, 1.807) is 30.4 Å². The van der Waals surface area contributed by atoms with Crippen LogP contribution < -0.4 is 5.32 Å². The average molecular weight is 445 g/mol. The Labute approximate surface area is 185 Å². The highest BCUT2D eigenvalue weighted by molar-refractivity contribution is 6.23. The molecule has 9 heteroatoms. The molecule has 1 spiro atoms. The van der Waals surface area contributed by atoms with Crippen molar-refractivity contribution in [3.8, 4) is 0 Å². The Hall–Kier alpha value is -2.85. The molecule has 0 aliphatic carbocycles. The largest absolute Gasteiger partial charge is 0.467 e. The summed E-state index contributed by atoms with van der Waals surface area (Å²) < 4.78 is 16.3. The number of allylic oxidation sites excluding steroid dienone is 1. The number of carbonyl (C=O) groups is 3. The lowest BCUT2D eigenvalue weighted by Gasteiger charge is -2.32. The molecule has 5 atom stereocenters. The number of hydrogen-bond donors (Lipinski definition) is 3. The maximum atomic E-state index is 13.2. The first-order valence-corrected chi connectivity index (χ1v) is 10.2. The van der Waals surface area contributed by atoms with Crippen LogP contribution in [0.1, 0.15) is 30.6 Å². The monoisotopic (exact) mass is 445 g/mol. The first kappa shape index (κ1) is 23.8. The number of nitrogens with one attached hydrogen (secondary N) is 1. The van der Waals surface area contributed by atoms with Crippen LogP contribution in [0.5, 0.6) is 0 Å². The summed E-state index contributed by atoms with van der Waals surface area (Å²) in [5.74, 6) is -2.87. The second-order valence-electron chi connectivity index (χ2n) is 7.63. The van der Waals surface area contributed by atoms with Gasteiger partial charge in [-0.1, -0.05) is 49.4 Å². The highest BCUT2D eigenvalue weighted by Crippen LogP contribution is 2.44. The van der Waals surface area contributed by atoms with Crippen LogP contribution >= 0.6 is 0 Å². The molecule has 0 radical (unpaired) electrons. The van der Waals surface area contributed by atoms with E-state index in [4.69, 9.17) is 14.2 Å². The van der Waals surface area contributed by atoms with Gasteiger partial charge in [0.15, 0.2) is 6.10 Å². The number of rotatable bonds is 8. The third-order valence-corrected chi connectivity index (χ3v) is 5.83. The standard InChI is InChI=1S/C23H27NO8/c1-5-6-12-15(30-3)16(25)17-13(2)18(26)22(32-17)20(28)23(31-4,24-21(22)29)19(27)14-10-8-7-9-11-14/h6-12,15-16,20,25,28H,5H2,1-4H3,(H,24,29)/b12-6-. The van der Waals surface area contributed by atoms with E-state index in [1.807, 2.05) is 6.92 Å².